The Morgan fingerprint density at radius 3 is 2.04 bits per heavy atom. The molecule has 2 fully saturated rings. The van der Waals surface area contributed by atoms with E-state index in [9.17, 15) is 13.2 Å². The highest BCUT2D eigenvalue weighted by molar-refractivity contribution is 7.89. The van der Waals surface area contributed by atoms with E-state index in [0.717, 1.165) is 51.4 Å². The first-order valence-electron chi connectivity index (χ1n) is 9.17. The van der Waals surface area contributed by atoms with Gasteiger partial charge in [0.25, 0.3) is 0 Å². The molecule has 25 heavy (non-hydrogen) atoms. The van der Waals surface area contributed by atoms with Crippen LogP contribution in [0.5, 0.6) is 0 Å². The maximum absolute atomic E-state index is 13.6. The molecule has 0 spiro atoms. The Kier molecular flexibility index (Phi) is 5.49. The minimum atomic E-state index is -3.64. The number of hydrogen-bond acceptors (Lipinski definition) is 4. The summed E-state index contributed by atoms with van der Waals surface area (Å²) in [6.45, 7) is 1.79. The van der Waals surface area contributed by atoms with Gasteiger partial charge in [-0.3, -0.25) is 0 Å². The van der Waals surface area contributed by atoms with Crippen molar-refractivity contribution in [1.29, 1.82) is 0 Å². The second-order valence-corrected chi connectivity index (χ2v) is 8.99. The monoisotopic (exact) mass is 365 g/mol. The van der Waals surface area contributed by atoms with Crippen LogP contribution in [-0.2, 0) is 14.8 Å². The number of carbonyl (C=O) groups is 1. The van der Waals surface area contributed by atoms with Crippen molar-refractivity contribution in [1.82, 2.24) is 4.31 Å². The molecule has 0 aromatic heterocycles. The van der Waals surface area contributed by atoms with Crippen LogP contribution in [0.2, 0.25) is 0 Å². The molecule has 0 heterocycles. The van der Waals surface area contributed by atoms with Gasteiger partial charge >= 0.3 is 5.97 Å². The smallest absolute Gasteiger partial charge is 0.337 e. The van der Waals surface area contributed by atoms with Gasteiger partial charge in [-0.1, -0.05) is 31.7 Å². The third kappa shape index (κ3) is 3.60. The highest BCUT2D eigenvalue weighted by atomic mass is 32.2. The van der Waals surface area contributed by atoms with Gasteiger partial charge in [-0.05, 0) is 50.3 Å². The molecule has 0 atom stereocenters. The van der Waals surface area contributed by atoms with Crippen LogP contribution in [0.25, 0.3) is 0 Å². The van der Waals surface area contributed by atoms with Crippen LogP contribution in [-0.4, -0.2) is 37.9 Å². The van der Waals surface area contributed by atoms with Gasteiger partial charge in [0.15, 0.2) is 0 Å². The molecule has 0 aliphatic heterocycles. The molecule has 138 valence electrons. The first-order chi connectivity index (χ1) is 11.9. The van der Waals surface area contributed by atoms with E-state index in [2.05, 4.69) is 0 Å². The fraction of sp³-hybridized carbons (Fsp3) is 0.632. The van der Waals surface area contributed by atoms with E-state index in [1.807, 2.05) is 0 Å². The highest BCUT2D eigenvalue weighted by Crippen LogP contribution is 2.36. The van der Waals surface area contributed by atoms with Crippen LogP contribution in [0.4, 0.5) is 0 Å². The topological polar surface area (TPSA) is 63.7 Å². The Labute approximate surface area is 150 Å². The summed E-state index contributed by atoms with van der Waals surface area (Å²) in [6, 6.07) is 4.98. The molecule has 0 bridgehead atoms. The molecule has 0 N–H and O–H groups in total. The zero-order chi connectivity index (χ0) is 18.0. The minimum absolute atomic E-state index is 0.0919. The first kappa shape index (κ1) is 18.4. The standard InChI is InChI=1S/C19H27NO4S/c1-14-11-12-15(19(21)24-2)13-18(14)25(22,23)20(16-7-3-4-8-16)17-9-5-6-10-17/h11-13,16-17H,3-10H2,1-2H3. The van der Waals surface area contributed by atoms with Crippen molar-refractivity contribution in [3.63, 3.8) is 0 Å². The molecule has 0 radical (unpaired) electrons. The summed E-state index contributed by atoms with van der Waals surface area (Å²) in [5.41, 5.74) is 0.957. The van der Waals surface area contributed by atoms with Gasteiger partial charge in [-0.25, -0.2) is 13.2 Å². The maximum atomic E-state index is 13.6. The van der Waals surface area contributed by atoms with E-state index in [4.69, 9.17) is 4.74 Å². The van der Waals surface area contributed by atoms with Gasteiger partial charge in [0.1, 0.15) is 0 Å². The number of carbonyl (C=O) groups excluding carboxylic acids is 1. The first-order valence-corrected chi connectivity index (χ1v) is 10.6. The molecule has 0 saturated heterocycles. The summed E-state index contributed by atoms with van der Waals surface area (Å²) in [5, 5.41) is 0. The predicted molar refractivity (Wildman–Crippen MR) is 96.1 cm³/mol. The normalized spacial score (nSPS) is 19.6. The zero-order valence-corrected chi connectivity index (χ0v) is 15.8. The van der Waals surface area contributed by atoms with Crippen molar-refractivity contribution >= 4 is 16.0 Å². The minimum Gasteiger partial charge on any atom is -0.465 e. The van der Waals surface area contributed by atoms with Gasteiger partial charge < -0.3 is 4.74 Å². The third-order valence-electron chi connectivity index (χ3n) is 5.53. The molecule has 0 amide bonds. The van der Waals surface area contributed by atoms with E-state index < -0.39 is 16.0 Å². The quantitative estimate of drug-likeness (QED) is 0.747. The summed E-state index contributed by atoms with van der Waals surface area (Å²) in [7, 11) is -2.33. The van der Waals surface area contributed by atoms with E-state index in [1.165, 1.54) is 13.2 Å². The van der Waals surface area contributed by atoms with E-state index in [0.29, 0.717) is 5.56 Å². The number of methoxy groups -OCH3 is 1. The maximum Gasteiger partial charge on any atom is 0.337 e. The molecule has 3 rings (SSSR count). The van der Waals surface area contributed by atoms with Crippen LogP contribution in [0.15, 0.2) is 23.1 Å². The Bertz CT molecular complexity index is 716. The number of rotatable bonds is 5. The predicted octanol–water partition coefficient (Wildman–Crippen LogP) is 3.66. The fourth-order valence-corrected chi connectivity index (χ4v) is 6.43. The molecule has 2 aliphatic carbocycles. The van der Waals surface area contributed by atoms with Crippen LogP contribution < -0.4 is 0 Å². The van der Waals surface area contributed by atoms with Crippen LogP contribution in [0, 0.1) is 6.92 Å². The van der Waals surface area contributed by atoms with Gasteiger partial charge in [0, 0.05) is 12.1 Å². The van der Waals surface area contributed by atoms with Crippen molar-refractivity contribution in [2.75, 3.05) is 7.11 Å². The molecule has 0 unspecified atom stereocenters. The van der Waals surface area contributed by atoms with Crippen LogP contribution in [0.3, 0.4) is 0 Å². The number of benzene rings is 1. The molecule has 2 aliphatic rings. The summed E-state index contributed by atoms with van der Waals surface area (Å²) in [6.07, 6.45) is 8.10. The van der Waals surface area contributed by atoms with Gasteiger partial charge in [-0.15, -0.1) is 0 Å². The molecule has 5 nitrogen and oxygen atoms in total. The summed E-state index contributed by atoms with van der Waals surface area (Å²) < 4.78 is 33.7. The number of sulfonamides is 1. The molecule has 2 saturated carbocycles. The summed E-state index contributed by atoms with van der Waals surface area (Å²) in [5.74, 6) is -0.510. The average Bonchev–Trinajstić information content (AvgIpc) is 3.29. The second-order valence-electron chi connectivity index (χ2n) is 7.18. The van der Waals surface area contributed by atoms with Crippen LogP contribution in [0.1, 0.15) is 67.3 Å². The van der Waals surface area contributed by atoms with Crippen molar-refractivity contribution in [3.05, 3.63) is 29.3 Å². The van der Waals surface area contributed by atoms with Gasteiger partial charge in [0.05, 0.1) is 17.6 Å². The second kappa shape index (κ2) is 7.46. The van der Waals surface area contributed by atoms with E-state index in [1.54, 1.807) is 23.4 Å². The number of aryl methyl sites for hydroxylation is 1. The molecule has 1 aromatic carbocycles. The van der Waals surface area contributed by atoms with Crippen LogP contribution >= 0.6 is 0 Å². The Morgan fingerprint density at radius 2 is 1.56 bits per heavy atom. The van der Waals surface area contributed by atoms with Crippen molar-refractivity contribution in [3.8, 4) is 0 Å². The lowest BCUT2D eigenvalue weighted by molar-refractivity contribution is 0.0600. The van der Waals surface area contributed by atoms with E-state index >= 15 is 0 Å². The Balaban J connectivity index is 2.03. The molecular weight excluding hydrogens is 338 g/mol. The average molecular weight is 365 g/mol. The molecule has 6 heteroatoms. The number of hydrogen-bond donors (Lipinski definition) is 0. The van der Waals surface area contributed by atoms with Gasteiger partial charge in [-0.2, -0.15) is 4.31 Å². The SMILES string of the molecule is COC(=O)c1ccc(C)c(S(=O)(=O)N(C2CCCC2)C2CCCC2)c1. The van der Waals surface area contributed by atoms with Gasteiger partial charge in [0.2, 0.25) is 10.0 Å². The Hall–Kier alpha value is -1.40. The molecular formula is C19H27NO4S. The lowest BCUT2D eigenvalue weighted by atomic mass is 10.1. The van der Waals surface area contributed by atoms with Crippen molar-refractivity contribution < 1.29 is 17.9 Å². The molecule has 1 aromatic rings. The fourth-order valence-electron chi connectivity index (χ4n) is 4.24. The zero-order valence-electron chi connectivity index (χ0n) is 15.0. The van der Waals surface area contributed by atoms with Crippen molar-refractivity contribution in [2.45, 2.75) is 75.3 Å². The van der Waals surface area contributed by atoms with Crippen molar-refractivity contribution in [2.24, 2.45) is 0 Å². The number of esters is 1. The summed E-state index contributed by atoms with van der Waals surface area (Å²) >= 11 is 0. The third-order valence-corrected chi connectivity index (χ3v) is 7.68. The lowest BCUT2D eigenvalue weighted by Crippen LogP contribution is -2.45. The number of nitrogens with zero attached hydrogens (tertiary/aromatic N) is 1. The number of ether oxygens (including phenoxy) is 1. The lowest BCUT2D eigenvalue weighted by Gasteiger charge is -2.34. The van der Waals surface area contributed by atoms with E-state index in [-0.39, 0.29) is 22.5 Å². The largest absolute Gasteiger partial charge is 0.465 e. The summed E-state index contributed by atoms with van der Waals surface area (Å²) in [4.78, 5) is 12.1. The highest BCUT2D eigenvalue weighted by Gasteiger charge is 2.40. The Morgan fingerprint density at radius 1 is 1.04 bits per heavy atom.